The number of ketones is 1. The van der Waals surface area contributed by atoms with Crippen molar-refractivity contribution in [3.63, 3.8) is 0 Å². The molecule has 0 fully saturated rings. The zero-order valence-corrected chi connectivity index (χ0v) is 10.3. The molecule has 0 amide bonds. The Morgan fingerprint density at radius 3 is 2.80 bits per heavy atom. The van der Waals surface area contributed by atoms with Gasteiger partial charge in [-0.3, -0.25) is 4.79 Å². The van der Waals surface area contributed by atoms with Crippen LogP contribution < -0.4 is 0 Å². The van der Waals surface area contributed by atoms with Crippen LogP contribution in [0.15, 0.2) is 18.2 Å². The average molecular weight is 223 g/mol. The molecule has 0 spiro atoms. The quantitative estimate of drug-likeness (QED) is 0.717. The van der Waals surface area contributed by atoms with E-state index in [0.717, 1.165) is 12.1 Å². The molecule has 3 heteroatoms. The van der Waals surface area contributed by atoms with E-state index in [2.05, 4.69) is 25.4 Å². The van der Waals surface area contributed by atoms with Gasteiger partial charge in [-0.05, 0) is 18.4 Å². The molecule has 0 aliphatic carbocycles. The van der Waals surface area contributed by atoms with Gasteiger partial charge in [0.1, 0.15) is 0 Å². The fourth-order valence-corrected chi connectivity index (χ4v) is 2.53. The second kappa shape index (κ2) is 5.21. The van der Waals surface area contributed by atoms with Crippen molar-refractivity contribution in [1.29, 1.82) is 0 Å². The lowest BCUT2D eigenvalue weighted by molar-refractivity contribution is -0.117. The highest BCUT2D eigenvalue weighted by atomic mass is 32.1. The monoisotopic (exact) mass is 223 g/mol. The van der Waals surface area contributed by atoms with Crippen LogP contribution in [0.3, 0.4) is 0 Å². The minimum Gasteiger partial charge on any atom is -0.295 e. The summed E-state index contributed by atoms with van der Waals surface area (Å²) in [7, 11) is 0. The minimum absolute atomic E-state index is 0.0143. The van der Waals surface area contributed by atoms with E-state index in [0.29, 0.717) is 5.92 Å². The van der Waals surface area contributed by atoms with Crippen LogP contribution in [0.25, 0.3) is 0 Å². The van der Waals surface area contributed by atoms with E-state index in [9.17, 15) is 4.79 Å². The number of aromatic nitrogens is 1. The van der Waals surface area contributed by atoms with Crippen molar-refractivity contribution in [2.24, 2.45) is 5.92 Å². The summed E-state index contributed by atoms with van der Waals surface area (Å²) in [6.45, 7) is 9.69. The van der Waals surface area contributed by atoms with E-state index in [1.807, 2.05) is 12.4 Å². The van der Waals surface area contributed by atoms with Crippen LogP contribution in [-0.2, 0) is 11.2 Å². The summed E-state index contributed by atoms with van der Waals surface area (Å²) in [5.41, 5.74) is 2.99. The van der Waals surface area contributed by atoms with Gasteiger partial charge >= 0.3 is 0 Å². The second-order valence-electron chi connectivity index (χ2n) is 4.03. The molecular formula is C12H17NOS. The van der Waals surface area contributed by atoms with Gasteiger partial charge in [-0.15, -0.1) is 11.3 Å². The third-order valence-corrected chi connectivity index (χ3v) is 3.27. The molecule has 1 atom stereocenters. The summed E-state index contributed by atoms with van der Waals surface area (Å²) in [6.07, 6.45) is 2.18. The number of hydrogen-bond acceptors (Lipinski definition) is 3. The van der Waals surface area contributed by atoms with Crippen molar-refractivity contribution in [3.05, 3.63) is 28.7 Å². The summed E-state index contributed by atoms with van der Waals surface area (Å²) in [5, 5.41) is 0. The van der Waals surface area contributed by atoms with Gasteiger partial charge in [0.05, 0.1) is 11.2 Å². The smallest absolute Gasteiger partial charge is 0.158 e. The summed E-state index contributed by atoms with van der Waals surface area (Å²) in [4.78, 5) is 16.9. The van der Waals surface area contributed by atoms with Crippen LogP contribution in [0.5, 0.6) is 0 Å². The van der Waals surface area contributed by atoms with Crippen LogP contribution in [0.2, 0.25) is 0 Å². The zero-order chi connectivity index (χ0) is 11.4. The van der Waals surface area contributed by atoms with Gasteiger partial charge in [-0.1, -0.05) is 27.4 Å². The fourth-order valence-electron chi connectivity index (χ4n) is 1.48. The Hall–Kier alpha value is -0.960. The van der Waals surface area contributed by atoms with E-state index in [1.54, 1.807) is 11.3 Å². The Bertz CT molecular complexity index is 354. The van der Waals surface area contributed by atoms with Crippen LogP contribution in [-0.4, -0.2) is 10.8 Å². The molecule has 1 rings (SSSR count). The Balaban J connectivity index is 2.76. The van der Waals surface area contributed by atoms with Crippen molar-refractivity contribution in [2.45, 2.75) is 33.1 Å². The molecule has 0 aliphatic heterocycles. The first kappa shape index (κ1) is 12.1. The first-order chi connectivity index (χ1) is 7.06. The molecule has 1 aromatic rings. The van der Waals surface area contributed by atoms with Crippen LogP contribution in [0, 0.1) is 5.92 Å². The van der Waals surface area contributed by atoms with Crippen LogP contribution in [0.4, 0.5) is 0 Å². The number of nitrogens with zero attached hydrogens (tertiary/aromatic N) is 1. The maximum atomic E-state index is 11.4. The standard InChI is InChI=1S/C12H17NOS/c1-5-10(14)9(4)6-11-12(8(2)3)13-7-15-11/h5,7-9H,1,6H2,2-4H3. The molecule has 0 aliphatic rings. The summed E-state index contributed by atoms with van der Waals surface area (Å²) in [6, 6.07) is 0. The molecule has 0 saturated heterocycles. The minimum atomic E-state index is 0.0143. The first-order valence-corrected chi connectivity index (χ1v) is 6.02. The maximum absolute atomic E-state index is 11.4. The normalized spacial score (nSPS) is 12.8. The Morgan fingerprint density at radius 1 is 1.60 bits per heavy atom. The summed E-state index contributed by atoms with van der Waals surface area (Å²) in [5.74, 6) is 0.552. The average Bonchev–Trinajstić information content (AvgIpc) is 2.64. The van der Waals surface area contributed by atoms with Gasteiger partial charge < -0.3 is 0 Å². The van der Waals surface area contributed by atoms with Gasteiger partial charge in [0.2, 0.25) is 0 Å². The highest BCUT2D eigenvalue weighted by molar-refractivity contribution is 7.09. The van der Waals surface area contributed by atoms with E-state index in [-0.39, 0.29) is 11.7 Å². The largest absolute Gasteiger partial charge is 0.295 e. The third kappa shape index (κ3) is 2.99. The molecule has 1 aromatic heterocycles. The number of hydrogen-bond donors (Lipinski definition) is 0. The summed E-state index contributed by atoms with van der Waals surface area (Å²) >= 11 is 1.64. The highest BCUT2D eigenvalue weighted by Gasteiger charge is 2.16. The van der Waals surface area contributed by atoms with Crippen LogP contribution >= 0.6 is 11.3 Å². The number of allylic oxidation sites excluding steroid dienone is 1. The Kier molecular flexibility index (Phi) is 4.21. The van der Waals surface area contributed by atoms with Gasteiger partial charge in [-0.2, -0.15) is 0 Å². The topological polar surface area (TPSA) is 30.0 Å². The fraction of sp³-hybridized carbons (Fsp3) is 0.500. The number of rotatable bonds is 5. The number of carbonyl (C=O) groups excluding carboxylic acids is 1. The second-order valence-corrected chi connectivity index (χ2v) is 4.97. The third-order valence-electron chi connectivity index (χ3n) is 2.40. The molecule has 0 radical (unpaired) electrons. The predicted molar refractivity (Wildman–Crippen MR) is 64.3 cm³/mol. The molecule has 1 unspecified atom stereocenters. The molecule has 0 aromatic carbocycles. The Labute approximate surface area is 95.0 Å². The molecule has 2 nitrogen and oxygen atoms in total. The van der Waals surface area contributed by atoms with Gasteiger partial charge in [0.25, 0.3) is 0 Å². The van der Waals surface area contributed by atoms with E-state index in [4.69, 9.17) is 0 Å². The van der Waals surface area contributed by atoms with Crippen molar-refractivity contribution in [1.82, 2.24) is 4.98 Å². The number of thiazole rings is 1. The maximum Gasteiger partial charge on any atom is 0.158 e. The molecule has 0 saturated carbocycles. The predicted octanol–water partition coefficient (Wildman–Crippen LogP) is 3.20. The van der Waals surface area contributed by atoms with Crippen molar-refractivity contribution in [3.8, 4) is 0 Å². The lowest BCUT2D eigenvalue weighted by Gasteiger charge is -2.09. The van der Waals surface area contributed by atoms with Crippen molar-refractivity contribution in [2.75, 3.05) is 0 Å². The van der Waals surface area contributed by atoms with E-state index in [1.165, 1.54) is 11.0 Å². The molecule has 82 valence electrons. The first-order valence-electron chi connectivity index (χ1n) is 5.14. The lowest BCUT2D eigenvalue weighted by atomic mass is 9.98. The molecule has 0 bridgehead atoms. The molecule has 15 heavy (non-hydrogen) atoms. The van der Waals surface area contributed by atoms with Crippen LogP contribution in [0.1, 0.15) is 37.3 Å². The van der Waals surface area contributed by atoms with Crippen molar-refractivity contribution < 1.29 is 4.79 Å². The molecule has 0 N–H and O–H groups in total. The summed E-state index contributed by atoms with van der Waals surface area (Å²) < 4.78 is 0. The van der Waals surface area contributed by atoms with Gasteiger partial charge in [-0.25, -0.2) is 4.98 Å². The molecular weight excluding hydrogens is 206 g/mol. The SMILES string of the molecule is C=CC(=O)C(C)Cc1scnc1C(C)C. The van der Waals surface area contributed by atoms with E-state index >= 15 is 0 Å². The Morgan fingerprint density at radius 2 is 2.27 bits per heavy atom. The number of carbonyl (C=O) groups is 1. The zero-order valence-electron chi connectivity index (χ0n) is 9.49. The van der Waals surface area contributed by atoms with Crippen molar-refractivity contribution >= 4 is 17.1 Å². The highest BCUT2D eigenvalue weighted by Crippen LogP contribution is 2.24. The van der Waals surface area contributed by atoms with Gasteiger partial charge in [0, 0.05) is 10.8 Å². The van der Waals surface area contributed by atoms with E-state index < -0.39 is 0 Å². The lowest BCUT2D eigenvalue weighted by Crippen LogP contribution is -2.11. The van der Waals surface area contributed by atoms with Gasteiger partial charge in [0.15, 0.2) is 5.78 Å². The molecule has 1 heterocycles.